The van der Waals surface area contributed by atoms with Gasteiger partial charge in [0, 0.05) is 16.0 Å². The smallest absolute Gasteiger partial charge is 0.0879 e. The Morgan fingerprint density at radius 3 is 2.52 bits per heavy atom. The van der Waals surface area contributed by atoms with E-state index >= 15 is 0 Å². The van der Waals surface area contributed by atoms with Crippen LogP contribution in [0.5, 0.6) is 0 Å². The topological polar surface area (TPSA) is 3.24 Å². The summed E-state index contributed by atoms with van der Waals surface area (Å²) in [6.07, 6.45) is 3.40. The lowest BCUT2D eigenvalue weighted by molar-refractivity contribution is 0.799. The average molecular weight is 511 g/mol. The Kier molecular flexibility index (Phi) is 4.49. The van der Waals surface area contributed by atoms with Crippen molar-refractivity contribution in [1.82, 2.24) is 0 Å². The molecule has 2 aliphatic carbocycles. The maximum atomic E-state index is 3.88. The molecule has 5 rings (SSSR count). The fraction of sp³-hybridized carbons (Fsp3) is 0.308. The fourth-order valence-corrected chi connectivity index (χ4v) is 6.62. The van der Waals surface area contributed by atoms with Crippen molar-refractivity contribution in [1.29, 1.82) is 0 Å². The van der Waals surface area contributed by atoms with Crippen LogP contribution in [0.1, 0.15) is 61.4 Å². The third-order valence-corrected chi connectivity index (χ3v) is 8.73. The largest absolute Gasteiger partial charge is 0.297 e. The third kappa shape index (κ3) is 2.70. The van der Waals surface area contributed by atoms with E-state index in [2.05, 4.69) is 107 Å². The first-order valence-electron chi connectivity index (χ1n) is 10.2. The second-order valence-corrected chi connectivity index (χ2v) is 10.4. The minimum atomic E-state index is 0.337. The Labute approximate surface area is 190 Å². The summed E-state index contributed by atoms with van der Waals surface area (Å²) in [7, 11) is 0. The van der Waals surface area contributed by atoms with Crippen LogP contribution in [0.3, 0.4) is 0 Å². The minimum Gasteiger partial charge on any atom is -0.297 e. The van der Waals surface area contributed by atoms with Crippen LogP contribution in [-0.2, 0) is 6.42 Å². The summed E-state index contributed by atoms with van der Waals surface area (Å²) in [5.74, 6) is 0.455. The van der Waals surface area contributed by atoms with Gasteiger partial charge in [-0.25, -0.2) is 0 Å². The molecule has 0 spiro atoms. The van der Waals surface area contributed by atoms with Crippen molar-refractivity contribution in [3.8, 4) is 0 Å². The summed E-state index contributed by atoms with van der Waals surface area (Å²) in [5.41, 5.74) is 15.6. The summed E-state index contributed by atoms with van der Waals surface area (Å²) in [6.45, 7) is 11.3. The van der Waals surface area contributed by atoms with Crippen molar-refractivity contribution >= 4 is 49.4 Å². The maximum absolute atomic E-state index is 3.88. The third-order valence-electron chi connectivity index (χ3n) is 7.25. The van der Waals surface area contributed by atoms with E-state index in [1.807, 2.05) is 0 Å². The lowest BCUT2D eigenvalue weighted by Crippen LogP contribution is -2.21. The number of anilines is 1. The Bertz CT molecular complexity index is 1170. The molecule has 1 heterocycles. The molecule has 2 aromatic rings. The summed E-state index contributed by atoms with van der Waals surface area (Å²) >= 11 is 7.61. The van der Waals surface area contributed by atoms with Gasteiger partial charge in [-0.2, -0.15) is 0 Å². The van der Waals surface area contributed by atoms with E-state index in [0.717, 1.165) is 6.42 Å². The average Bonchev–Trinajstić information content (AvgIpc) is 3.23. The molecule has 2 unspecified atom stereocenters. The van der Waals surface area contributed by atoms with Gasteiger partial charge in [-0.3, -0.25) is 3.93 Å². The Morgan fingerprint density at radius 1 is 1.00 bits per heavy atom. The lowest BCUT2D eigenvalue weighted by atomic mass is 9.86. The van der Waals surface area contributed by atoms with Crippen LogP contribution in [0.4, 0.5) is 5.69 Å². The summed E-state index contributed by atoms with van der Waals surface area (Å²) in [4.78, 5) is 0. The number of hydrogen-bond acceptors (Lipinski definition) is 1. The van der Waals surface area contributed by atoms with Crippen molar-refractivity contribution in [3.63, 3.8) is 0 Å². The van der Waals surface area contributed by atoms with E-state index in [0.29, 0.717) is 12.0 Å². The molecular formula is C26H25Br2N. The maximum Gasteiger partial charge on any atom is 0.0879 e. The zero-order chi connectivity index (χ0) is 20.6. The molecule has 0 aromatic heterocycles. The second kappa shape index (κ2) is 6.72. The molecule has 0 saturated carbocycles. The number of allylic oxidation sites excluding steroid dienone is 3. The molecule has 2 atom stereocenters. The van der Waals surface area contributed by atoms with E-state index in [9.17, 15) is 0 Å². The zero-order valence-corrected chi connectivity index (χ0v) is 20.7. The molecule has 3 heteroatoms. The predicted molar refractivity (Wildman–Crippen MR) is 132 cm³/mol. The molecule has 0 radical (unpaired) electrons. The van der Waals surface area contributed by atoms with Crippen LogP contribution in [-0.4, -0.2) is 6.04 Å². The molecule has 0 bridgehead atoms. The van der Waals surface area contributed by atoms with Crippen LogP contribution >= 0.6 is 32.1 Å². The molecule has 29 heavy (non-hydrogen) atoms. The first-order valence-corrected chi connectivity index (χ1v) is 11.7. The van der Waals surface area contributed by atoms with Crippen LogP contribution in [0.15, 0.2) is 57.1 Å². The monoisotopic (exact) mass is 509 g/mol. The summed E-state index contributed by atoms with van der Waals surface area (Å²) in [5, 5.41) is 0. The number of hydrogen-bond donors (Lipinski definition) is 0. The molecule has 1 nitrogen and oxygen atoms in total. The number of aryl methyl sites for hydroxylation is 1. The molecule has 3 aliphatic rings. The lowest BCUT2D eigenvalue weighted by Gasteiger charge is -2.20. The van der Waals surface area contributed by atoms with Crippen molar-refractivity contribution < 1.29 is 0 Å². The Balaban J connectivity index is 1.58. The predicted octanol–water partition coefficient (Wildman–Crippen LogP) is 8.12. The second-order valence-electron chi connectivity index (χ2n) is 8.74. The fourth-order valence-electron chi connectivity index (χ4n) is 5.32. The van der Waals surface area contributed by atoms with Crippen LogP contribution in [0.25, 0.3) is 11.6 Å². The molecular weight excluding hydrogens is 486 g/mol. The highest BCUT2D eigenvalue weighted by Crippen LogP contribution is 2.53. The van der Waals surface area contributed by atoms with E-state index in [-0.39, 0.29) is 0 Å². The molecule has 0 fully saturated rings. The Hall–Kier alpha value is -1.58. The van der Waals surface area contributed by atoms with Gasteiger partial charge in [0.1, 0.15) is 0 Å². The van der Waals surface area contributed by atoms with Gasteiger partial charge in [0.25, 0.3) is 0 Å². The van der Waals surface area contributed by atoms with Gasteiger partial charge in [0.05, 0.1) is 27.9 Å². The van der Waals surface area contributed by atoms with Gasteiger partial charge in [-0.1, -0.05) is 39.7 Å². The summed E-state index contributed by atoms with van der Waals surface area (Å²) < 4.78 is 3.49. The van der Waals surface area contributed by atoms with Gasteiger partial charge in [0.2, 0.25) is 0 Å². The van der Waals surface area contributed by atoms with Gasteiger partial charge in [0.15, 0.2) is 0 Å². The van der Waals surface area contributed by atoms with E-state index in [1.54, 1.807) is 0 Å². The zero-order valence-electron chi connectivity index (χ0n) is 17.5. The van der Waals surface area contributed by atoms with Gasteiger partial charge >= 0.3 is 0 Å². The van der Waals surface area contributed by atoms with Crippen LogP contribution < -0.4 is 3.93 Å². The summed E-state index contributed by atoms with van der Waals surface area (Å²) in [6, 6.07) is 11.8. The van der Waals surface area contributed by atoms with Crippen molar-refractivity contribution in [2.45, 2.75) is 53.0 Å². The molecule has 148 valence electrons. The molecule has 1 aliphatic heterocycles. The SMILES string of the molecule is CC1=Cc2c(Br)cccc2C1Cc1cc2c(cc1C)N(Br)C1C(C)=C(C)C(C)=C21. The Morgan fingerprint density at radius 2 is 1.76 bits per heavy atom. The highest BCUT2D eigenvalue weighted by atomic mass is 79.9. The standard InChI is InChI=1S/C26H25Br2N/c1-13-10-24-22(25-16(4)15(3)17(5)26(25)29(24)28)12-18(13)11-20-14(2)9-21-19(20)7-6-8-23(21)27/h6-10,12,20,26H,11H2,1-5H3. The first kappa shape index (κ1) is 19.4. The van der Waals surface area contributed by atoms with Gasteiger partial charge in [-0.15, -0.1) is 0 Å². The molecule has 0 N–H and O–H groups in total. The normalized spacial score (nSPS) is 22.3. The van der Waals surface area contributed by atoms with E-state index < -0.39 is 0 Å². The van der Waals surface area contributed by atoms with Gasteiger partial charge < -0.3 is 0 Å². The number of fused-ring (bicyclic) bond motifs is 4. The van der Waals surface area contributed by atoms with E-state index in [4.69, 9.17) is 0 Å². The van der Waals surface area contributed by atoms with E-state index in [1.165, 1.54) is 65.8 Å². The molecule has 0 amide bonds. The highest BCUT2D eigenvalue weighted by molar-refractivity contribution is 9.10. The van der Waals surface area contributed by atoms with Crippen molar-refractivity contribution in [2.24, 2.45) is 0 Å². The van der Waals surface area contributed by atoms with Crippen molar-refractivity contribution in [2.75, 3.05) is 3.93 Å². The molecule has 2 aromatic carbocycles. The van der Waals surface area contributed by atoms with Gasteiger partial charge in [-0.05, 0) is 104 Å². The number of benzene rings is 2. The minimum absolute atomic E-state index is 0.337. The van der Waals surface area contributed by atoms with Crippen molar-refractivity contribution in [3.05, 3.63) is 84.9 Å². The van der Waals surface area contributed by atoms with Crippen LogP contribution in [0.2, 0.25) is 0 Å². The number of rotatable bonds is 2. The number of halogens is 2. The molecule has 0 saturated heterocycles. The first-order chi connectivity index (χ1) is 13.8. The highest BCUT2D eigenvalue weighted by Gasteiger charge is 2.40. The number of nitrogens with zero attached hydrogens (tertiary/aromatic N) is 1. The van der Waals surface area contributed by atoms with Crippen LogP contribution in [0, 0.1) is 6.92 Å². The quantitative estimate of drug-likeness (QED) is 0.368.